The average Bonchev–Trinajstić information content (AvgIpc) is 2.19. The Hall–Kier alpha value is -2.11. The largest absolute Gasteiger partial charge is 0.481 e. The molecule has 0 saturated heterocycles. The number of nitro groups is 1. The van der Waals surface area contributed by atoms with Gasteiger partial charge in [-0.05, 0) is 13.0 Å². The van der Waals surface area contributed by atoms with Crippen LogP contribution in [-0.4, -0.2) is 16.9 Å². The zero-order valence-corrected chi connectivity index (χ0v) is 8.01. The maximum absolute atomic E-state index is 10.5. The number of ether oxygens (including phenoxy) is 1. The molecule has 0 radical (unpaired) electrons. The van der Waals surface area contributed by atoms with E-state index in [0.29, 0.717) is 17.3 Å². The summed E-state index contributed by atoms with van der Waals surface area (Å²) in [7, 11) is 0. The molecule has 0 amide bonds. The van der Waals surface area contributed by atoms with Crippen LogP contribution < -0.4 is 10.5 Å². The summed E-state index contributed by atoms with van der Waals surface area (Å²) in [5.41, 5.74) is 5.95. The van der Waals surface area contributed by atoms with Crippen LogP contribution in [0.5, 0.6) is 5.75 Å². The molecule has 78 valence electrons. The van der Waals surface area contributed by atoms with E-state index in [9.17, 15) is 10.1 Å². The van der Waals surface area contributed by atoms with Gasteiger partial charge in [0.2, 0.25) is 0 Å². The second kappa shape index (κ2) is 3.23. The molecule has 1 aliphatic heterocycles. The van der Waals surface area contributed by atoms with E-state index in [2.05, 4.69) is 4.99 Å². The van der Waals surface area contributed by atoms with Gasteiger partial charge < -0.3 is 10.5 Å². The normalized spacial score (nSPS) is 18.7. The van der Waals surface area contributed by atoms with Crippen molar-refractivity contribution in [3.8, 4) is 5.75 Å². The van der Waals surface area contributed by atoms with E-state index in [-0.39, 0.29) is 11.8 Å². The lowest BCUT2D eigenvalue weighted by molar-refractivity contribution is -0.384. The predicted molar refractivity (Wildman–Crippen MR) is 54.5 cm³/mol. The Balaban J connectivity index is 2.49. The molecule has 1 unspecified atom stereocenters. The molecular formula is C9H9N3O3. The van der Waals surface area contributed by atoms with Crippen molar-refractivity contribution in [1.29, 1.82) is 0 Å². The molecule has 2 N–H and O–H groups in total. The molecule has 1 heterocycles. The van der Waals surface area contributed by atoms with Crippen LogP contribution in [0.4, 0.5) is 11.4 Å². The molecule has 2 rings (SSSR count). The summed E-state index contributed by atoms with van der Waals surface area (Å²) in [5.74, 6) is 0.838. The molecule has 1 aliphatic rings. The lowest BCUT2D eigenvalue weighted by Crippen LogP contribution is -2.33. The van der Waals surface area contributed by atoms with Gasteiger partial charge in [-0.25, -0.2) is 4.99 Å². The highest BCUT2D eigenvalue weighted by molar-refractivity contribution is 5.90. The Labute approximate surface area is 85.5 Å². The van der Waals surface area contributed by atoms with Crippen molar-refractivity contribution >= 4 is 17.2 Å². The molecule has 1 atom stereocenters. The highest BCUT2D eigenvalue weighted by Gasteiger charge is 2.20. The minimum atomic E-state index is -0.482. The van der Waals surface area contributed by atoms with Crippen LogP contribution in [-0.2, 0) is 0 Å². The molecule has 6 heteroatoms. The monoisotopic (exact) mass is 207 g/mol. The molecule has 1 aromatic carbocycles. The van der Waals surface area contributed by atoms with Gasteiger partial charge in [0.05, 0.1) is 4.92 Å². The van der Waals surface area contributed by atoms with E-state index in [1.807, 2.05) is 0 Å². The van der Waals surface area contributed by atoms with Gasteiger partial charge in [-0.15, -0.1) is 0 Å². The lowest BCUT2D eigenvalue weighted by atomic mass is 10.2. The Morgan fingerprint density at radius 1 is 1.60 bits per heavy atom. The molecular weight excluding hydrogens is 198 g/mol. The van der Waals surface area contributed by atoms with Crippen molar-refractivity contribution < 1.29 is 9.66 Å². The third-order valence-corrected chi connectivity index (χ3v) is 2.12. The molecule has 0 aromatic heterocycles. The van der Waals surface area contributed by atoms with Gasteiger partial charge in [-0.3, -0.25) is 10.1 Å². The highest BCUT2D eigenvalue weighted by Crippen LogP contribution is 2.34. The van der Waals surface area contributed by atoms with E-state index >= 15 is 0 Å². The minimum Gasteiger partial charge on any atom is -0.481 e. The van der Waals surface area contributed by atoms with Crippen LogP contribution in [0.15, 0.2) is 23.2 Å². The van der Waals surface area contributed by atoms with E-state index in [4.69, 9.17) is 10.5 Å². The fourth-order valence-corrected chi connectivity index (χ4v) is 1.29. The fourth-order valence-electron chi connectivity index (χ4n) is 1.29. The number of hydrogen-bond acceptors (Lipinski definition) is 5. The van der Waals surface area contributed by atoms with Crippen LogP contribution in [0.3, 0.4) is 0 Å². The standard InChI is InChI=1S/C9H9N3O3/c1-5-9(10)11-7-4-6(12(13)14)2-3-8(7)15-5/h2-5H,1H3,(H2,10,11). The predicted octanol–water partition coefficient (Wildman–Crippen LogP) is 1.36. The highest BCUT2D eigenvalue weighted by atomic mass is 16.6. The Morgan fingerprint density at radius 2 is 2.33 bits per heavy atom. The van der Waals surface area contributed by atoms with E-state index in [1.54, 1.807) is 6.92 Å². The van der Waals surface area contributed by atoms with Crippen LogP contribution >= 0.6 is 0 Å². The third-order valence-electron chi connectivity index (χ3n) is 2.12. The summed E-state index contributed by atoms with van der Waals surface area (Å²) in [5, 5.41) is 10.5. The topological polar surface area (TPSA) is 90.8 Å². The first-order valence-electron chi connectivity index (χ1n) is 4.37. The third kappa shape index (κ3) is 1.61. The van der Waals surface area contributed by atoms with Gasteiger partial charge in [-0.2, -0.15) is 0 Å². The van der Waals surface area contributed by atoms with Gasteiger partial charge in [-0.1, -0.05) is 0 Å². The van der Waals surface area contributed by atoms with Gasteiger partial charge >= 0.3 is 0 Å². The SMILES string of the molecule is CC1Oc2ccc([N+](=O)[O-])cc2N=C1N. The number of benzene rings is 1. The number of non-ortho nitro benzene ring substituents is 1. The number of hydrogen-bond donors (Lipinski definition) is 1. The van der Waals surface area contributed by atoms with Gasteiger partial charge in [0.15, 0.2) is 6.10 Å². The van der Waals surface area contributed by atoms with Crippen LogP contribution in [0, 0.1) is 10.1 Å². The second-order valence-electron chi connectivity index (χ2n) is 3.21. The summed E-state index contributed by atoms with van der Waals surface area (Å²) in [6, 6.07) is 4.25. The summed E-state index contributed by atoms with van der Waals surface area (Å²) < 4.78 is 5.40. The number of fused-ring (bicyclic) bond motifs is 1. The van der Waals surface area contributed by atoms with E-state index in [0.717, 1.165) is 0 Å². The molecule has 0 saturated carbocycles. The van der Waals surface area contributed by atoms with Crippen molar-refractivity contribution in [3.63, 3.8) is 0 Å². The van der Waals surface area contributed by atoms with Crippen molar-refractivity contribution in [3.05, 3.63) is 28.3 Å². The molecule has 0 bridgehead atoms. The van der Waals surface area contributed by atoms with Crippen molar-refractivity contribution in [1.82, 2.24) is 0 Å². The van der Waals surface area contributed by atoms with E-state index < -0.39 is 4.92 Å². The van der Waals surface area contributed by atoms with E-state index in [1.165, 1.54) is 18.2 Å². The summed E-state index contributed by atoms with van der Waals surface area (Å²) in [6.07, 6.45) is -0.293. The quantitative estimate of drug-likeness (QED) is 0.556. The molecule has 15 heavy (non-hydrogen) atoms. The molecule has 6 nitrogen and oxygen atoms in total. The molecule has 0 spiro atoms. The second-order valence-corrected chi connectivity index (χ2v) is 3.21. The maximum Gasteiger partial charge on any atom is 0.271 e. The number of nitrogens with zero attached hydrogens (tertiary/aromatic N) is 2. The maximum atomic E-state index is 10.5. The zero-order valence-electron chi connectivity index (χ0n) is 8.01. The van der Waals surface area contributed by atoms with Crippen molar-refractivity contribution in [2.45, 2.75) is 13.0 Å². The van der Waals surface area contributed by atoms with Crippen molar-refractivity contribution in [2.24, 2.45) is 10.7 Å². The fraction of sp³-hybridized carbons (Fsp3) is 0.222. The smallest absolute Gasteiger partial charge is 0.271 e. The van der Waals surface area contributed by atoms with Gasteiger partial charge in [0, 0.05) is 12.1 Å². The first-order chi connectivity index (χ1) is 7.08. The Bertz CT molecular complexity index is 456. The zero-order chi connectivity index (χ0) is 11.0. The summed E-state index contributed by atoms with van der Waals surface area (Å²) in [4.78, 5) is 14.1. The first kappa shape index (κ1) is 9.45. The van der Waals surface area contributed by atoms with Crippen LogP contribution in [0.2, 0.25) is 0 Å². The van der Waals surface area contributed by atoms with Crippen LogP contribution in [0.1, 0.15) is 6.92 Å². The first-order valence-corrected chi connectivity index (χ1v) is 4.37. The van der Waals surface area contributed by atoms with Crippen molar-refractivity contribution in [2.75, 3.05) is 0 Å². The Morgan fingerprint density at radius 3 is 3.00 bits per heavy atom. The number of nitro benzene ring substituents is 1. The van der Waals surface area contributed by atoms with Crippen LogP contribution in [0.25, 0.3) is 0 Å². The number of nitrogens with two attached hydrogens (primary N) is 1. The molecule has 1 aromatic rings. The summed E-state index contributed by atoms with van der Waals surface area (Å²) >= 11 is 0. The summed E-state index contributed by atoms with van der Waals surface area (Å²) in [6.45, 7) is 1.77. The number of aliphatic imine (C=N–C) groups is 1. The number of rotatable bonds is 1. The average molecular weight is 207 g/mol. The lowest BCUT2D eigenvalue weighted by Gasteiger charge is -2.20. The molecule has 0 fully saturated rings. The minimum absolute atomic E-state index is 0.0246. The number of amidine groups is 1. The molecule has 0 aliphatic carbocycles. The Kier molecular flexibility index (Phi) is 2.03. The van der Waals surface area contributed by atoms with Gasteiger partial charge in [0.1, 0.15) is 17.3 Å². The van der Waals surface area contributed by atoms with Gasteiger partial charge in [0.25, 0.3) is 5.69 Å².